The van der Waals surface area contributed by atoms with Crippen molar-refractivity contribution in [1.29, 1.82) is 0 Å². The quantitative estimate of drug-likeness (QED) is 0.861. The van der Waals surface area contributed by atoms with Gasteiger partial charge in [-0.25, -0.2) is 0 Å². The largest absolute Gasteiger partial charge is 0.466 e. The summed E-state index contributed by atoms with van der Waals surface area (Å²) in [5.74, 6) is 0.617. The van der Waals surface area contributed by atoms with Crippen LogP contribution < -0.4 is 5.32 Å². The first-order valence-corrected chi connectivity index (χ1v) is 8.39. The summed E-state index contributed by atoms with van der Waals surface area (Å²) >= 11 is 0. The van der Waals surface area contributed by atoms with Gasteiger partial charge in [0.2, 0.25) is 0 Å². The summed E-state index contributed by atoms with van der Waals surface area (Å²) in [6.45, 7) is 5.52. The molecule has 1 unspecified atom stereocenters. The van der Waals surface area contributed by atoms with Gasteiger partial charge in [0.05, 0.1) is 6.26 Å². The van der Waals surface area contributed by atoms with Crippen LogP contribution in [0.1, 0.15) is 31.1 Å². The number of nitrogens with zero attached hydrogens (tertiary/aromatic N) is 1. The number of hydrogen-bond donors (Lipinski definition) is 2. The molecule has 1 atom stereocenters. The summed E-state index contributed by atoms with van der Waals surface area (Å²) in [5, 5.41) is 14.0. The summed E-state index contributed by atoms with van der Waals surface area (Å²) in [4.78, 5) is 2.50. The lowest BCUT2D eigenvalue weighted by molar-refractivity contribution is 0.0287. The molecule has 0 spiro atoms. The molecule has 23 heavy (non-hydrogen) atoms. The van der Waals surface area contributed by atoms with E-state index < -0.39 is 5.60 Å². The Bertz CT molecular complexity index is 573. The van der Waals surface area contributed by atoms with Gasteiger partial charge < -0.3 is 14.8 Å². The zero-order valence-electron chi connectivity index (χ0n) is 13.7. The van der Waals surface area contributed by atoms with Crippen LogP contribution in [0.15, 0.2) is 53.1 Å². The minimum atomic E-state index is -0.954. The van der Waals surface area contributed by atoms with Crippen molar-refractivity contribution in [3.05, 3.63) is 60.1 Å². The third kappa shape index (κ3) is 4.44. The maximum Gasteiger partial charge on any atom is 0.136 e. The molecular formula is C19H26N2O2. The fourth-order valence-electron chi connectivity index (χ4n) is 3.15. The number of hydrogen-bond acceptors (Lipinski definition) is 4. The van der Waals surface area contributed by atoms with Crippen LogP contribution in [0.25, 0.3) is 0 Å². The molecule has 1 aliphatic rings. The average Bonchev–Trinajstić information content (AvgIpc) is 3.11. The van der Waals surface area contributed by atoms with Crippen LogP contribution in [-0.4, -0.2) is 35.7 Å². The van der Waals surface area contributed by atoms with E-state index in [-0.39, 0.29) is 0 Å². The Labute approximate surface area is 138 Å². The van der Waals surface area contributed by atoms with E-state index in [0.717, 1.165) is 32.5 Å². The molecule has 0 saturated carbocycles. The molecule has 4 nitrogen and oxygen atoms in total. The molecule has 3 rings (SSSR count). The van der Waals surface area contributed by atoms with E-state index in [0.29, 0.717) is 18.3 Å². The number of piperidine rings is 1. The Morgan fingerprint density at radius 3 is 2.57 bits per heavy atom. The first-order valence-electron chi connectivity index (χ1n) is 8.39. The van der Waals surface area contributed by atoms with Crippen molar-refractivity contribution in [2.75, 3.05) is 19.6 Å². The van der Waals surface area contributed by atoms with Gasteiger partial charge in [-0.2, -0.15) is 0 Å². The van der Waals surface area contributed by atoms with Gasteiger partial charge in [0.1, 0.15) is 11.4 Å². The van der Waals surface area contributed by atoms with E-state index in [1.54, 1.807) is 13.2 Å². The Kier molecular flexibility index (Phi) is 5.16. The number of furan rings is 1. The number of rotatable bonds is 6. The molecule has 1 saturated heterocycles. The van der Waals surface area contributed by atoms with Crippen molar-refractivity contribution in [3.63, 3.8) is 0 Å². The maximum absolute atomic E-state index is 10.5. The molecule has 1 aromatic carbocycles. The molecule has 1 fully saturated rings. The highest BCUT2D eigenvalue weighted by Gasteiger charge is 2.28. The summed E-state index contributed by atoms with van der Waals surface area (Å²) in [6, 6.07) is 14.7. The zero-order valence-corrected chi connectivity index (χ0v) is 13.7. The summed E-state index contributed by atoms with van der Waals surface area (Å²) in [6.07, 6.45) is 3.83. The average molecular weight is 314 g/mol. The second-order valence-electron chi connectivity index (χ2n) is 6.67. The van der Waals surface area contributed by atoms with E-state index in [9.17, 15) is 5.11 Å². The summed E-state index contributed by atoms with van der Waals surface area (Å²) < 4.78 is 5.32. The fraction of sp³-hybridized carbons (Fsp3) is 0.474. The zero-order chi connectivity index (χ0) is 16.1. The second-order valence-corrected chi connectivity index (χ2v) is 6.67. The molecule has 0 radical (unpaired) electrons. The van der Waals surface area contributed by atoms with Crippen molar-refractivity contribution >= 4 is 0 Å². The molecule has 2 aromatic rings. The highest BCUT2D eigenvalue weighted by Crippen LogP contribution is 2.21. The van der Waals surface area contributed by atoms with Crippen LogP contribution in [0.3, 0.4) is 0 Å². The SMILES string of the molecule is CC(O)(CNC1CCN(Cc2ccccc2)CC1)c1ccco1. The lowest BCUT2D eigenvalue weighted by atomic mass is 10.00. The van der Waals surface area contributed by atoms with Gasteiger partial charge >= 0.3 is 0 Å². The van der Waals surface area contributed by atoms with E-state index >= 15 is 0 Å². The van der Waals surface area contributed by atoms with E-state index in [4.69, 9.17) is 4.42 Å². The minimum Gasteiger partial charge on any atom is -0.466 e. The molecule has 0 aliphatic carbocycles. The number of aliphatic hydroxyl groups is 1. The molecule has 0 bridgehead atoms. The molecule has 4 heteroatoms. The fourth-order valence-corrected chi connectivity index (χ4v) is 3.15. The first kappa shape index (κ1) is 16.2. The molecule has 1 aromatic heterocycles. The second kappa shape index (κ2) is 7.30. The first-order chi connectivity index (χ1) is 11.1. The van der Waals surface area contributed by atoms with E-state index in [1.807, 2.05) is 12.1 Å². The van der Waals surface area contributed by atoms with Crippen LogP contribution in [0.4, 0.5) is 0 Å². The van der Waals surface area contributed by atoms with E-state index in [2.05, 4.69) is 40.5 Å². The minimum absolute atomic E-state index is 0.462. The summed E-state index contributed by atoms with van der Waals surface area (Å²) in [5.41, 5.74) is 0.421. The lowest BCUT2D eigenvalue weighted by Gasteiger charge is -2.34. The van der Waals surface area contributed by atoms with Crippen LogP contribution in [0, 0.1) is 0 Å². The van der Waals surface area contributed by atoms with Crippen molar-refractivity contribution in [2.24, 2.45) is 0 Å². The van der Waals surface area contributed by atoms with Gasteiger partial charge in [-0.05, 0) is 50.6 Å². The van der Waals surface area contributed by atoms with Crippen LogP contribution in [-0.2, 0) is 12.1 Å². The summed E-state index contributed by atoms with van der Waals surface area (Å²) in [7, 11) is 0. The van der Waals surface area contributed by atoms with Crippen LogP contribution >= 0.6 is 0 Å². The predicted octanol–water partition coefficient (Wildman–Crippen LogP) is 2.74. The monoisotopic (exact) mass is 314 g/mol. The Morgan fingerprint density at radius 1 is 1.17 bits per heavy atom. The van der Waals surface area contributed by atoms with Gasteiger partial charge in [0.15, 0.2) is 0 Å². The number of benzene rings is 1. The van der Waals surface area contributed by atoms with Gasteiger partial charge in [-0.15, -0.1) is 0 Å². The number of likely N-dealkylation sites (tertiary alicyclic amines) is 1. The third-order valence-corrected chi connectivity index (χ3v) is 4.62. The van der Waals surface area contributed by atoms with Gasteiger partial charge in [-0.1, -0.05) is 30.3 Å². The van der Waals surface area contributed by atoms with Crippen molar-refractivity contribution in [1.82, 2.24) is 10.2 Å². The van der Waals surface area contributed by atoms with Gasteiger partial charge in [0, 0.05) is 19.1 Å². The lowest BCUT2D eigenvalue weighted by Crippen LogP contribution is -2.46. The molecule has 0 amide bonds. The van der Waals surface area contributed by atoms with Crippen LogP contribution in [0.5, 0.6) is 0 Å². The molecule has 2 N–H and O–H groups in total. The Hall–Kier alpha value is -1.62. The Balaban J connectivity index is 1.43. The topological polar surface area (TPSA) is 48.6 Å². The van der Waals surface area contributed by atoms with Gasteiger partial charge in [-0.3, -0.25) is 4.90 Å². The maximum atomic E-state index is 10.5. The van der Waals surface area contributed by atoms with Gasteiger partial charge in [0.25, 0.3) is 0 Å². The standard InChI is InChI=1S/C19H26N2O2/c1-19(22,18-8-5-13-23-18)15-20-17-9-11-21(12-10-17)14-16-6-3-2-4-7-16/h2-8,13,17,20,22H,9-12,14-15H2,1H3. The van der Waals surface area contributed by atoms with Crippen molar-refractivity contribution < 1.29 is 9.52 Å². The smallest absolute Gasteiger partial charge is 0.136 e. The predicted molar refractivity (Wildman–Crippen MR) is 91.0 cm³/mol. The molecule has 1 aliphatic heterocycles. The highest BCUT2D eigenvalue weighted by molar-refractivity contribution is 5.14. The van der Waals surface area contributed by atoms with E-state index in [1.165, 1.54) is 5.56 Å². The Morgan fingerprint density at radius 2 is 1.91 bits per heavy atom. The van der Waals surface area contributed by atoms with Crippen molar-refractivity contribution in [2.45, 2.75) is 38.0 Å². The molecular weight excluding hydrogens is 288 g/mol. The van der Waals surface area contributed by atoms with Crippen molar-refractivity contribution in [3.8, 4) is 0 Å². The third-order valence-electron chi connectivity index (χ3n) is 4.62. The number of nitrogens with one attached hydrogen (secondary N) is 1. The van der Waals surface area contributed by atoms with Crippen LogP contribution in [0.2, 0.25) is 0 Å². The molecule has 124 valence electrons. The molecule has 2 heterocycles. The normalized spacial score (nSPS) is 19.6. The highest BCUT2D eigenvalue weighted by atomic mass is 16.4.